The van der Waals surface area contributed by atoms with Crippen LogP contribution < -0.4 is 41.7 Å². The van der Waals surface area contributed by atoms with E-state index in [0.29, 0.717) is 44.6 Å². The van der Waals surface area contributed by atoms with Crippen LogP contribution in [0.4, 0.5) is 4.39 Å². The molecule has 12 aromatic heterocycles. The Labute approximate surface area is 473 Å². The van der Waals surface area contributed by atoms with E-state index in [1.54, 1.807) is 34.3 Å². The number of aromatic amines is 4. The third-order valence-corrected chi connectivity index (χ3v) is 14.9. The second-order valence-electron chi connectivity index (χ2n) is 15.2. The second kappa shape index (κ2) is 25.0. The van der Waals surface area contributed by atoms with Crippen molar-refractivity contribution in [3.05, 3.63) is 153 Å². The number of tetrazole rings is 4. The van der Waals surface area contributed by atoms with E-state index in [1.165, 1.54) is 108 Å². The van der Waals surface area contributed by atoms with Gasteiger partial charge in [0.15, 0.2) is 10.8 Å². The van der Waals surface area contributed by atoms with Crippen LogP contribution in [0, 0.1) is 5.13 Å². The summed E-state index contributed by atoms with van der Waals surface area (Å²) in [6.07, 6.45) is 5.76. The SMILES string of the molecule is [3H]n1ccc(OCc2c(-n3nnn(C)c3=O)csc2Br)n1.[3H]n1ccc(OCc2c(-n3nnn(C)c3=O)csc2Cl)n1.[3H]n1ccc(OCc2c(-n3nnn(C)c3=O)csc2F)n1.[3H]n1ccc(OCc2cscc2-n2nnn(C)c2=O)n1. The first-order valence-corrected chi connectivity index (χ1v) is 26.6. The Bertz CT molecular complexity index is 4070. The predicted molar refractivity (Wildman–Crippen MR) is 282 cm³/mol. The van der Waals surface area contributed by atoms with Crippen molar-refractivity contribution in [3.8, 4) is 46.3 Å². The highest BCUT2D eigenvalue weighted by Gasteiger charge is 2.21. The number of aryl methyl sites for hydroxylation is 4. The summed E-state index contributed by atoms with van der Waals surface area (Å²) in [7, 11) is 6.03. The molecule has 0 bridgehead atoms. The summed E-state index contributed by atoms with van der Waals surface area (Å²) >= 11 is 14.5. The summed E-state index contributed by atoms with van der Waals surface area (Å²) in [6, 6.07) is 6.21. The Hall–Kier alpha value is -8.98. The van der Waals surface area contributed by atoms with Gasteiger partial charge in [0.05, 0.1) is 32.1 Å². The average molecular weight is 1250 g/mol. The number of nitrogens with zero attached hydrogens (tertiary/aromatic N) is 20. The standard InChI is InChI=1S/C10H9BrN6O2S.C10H9ClN6O2S.C10H9FN6O2S.C10H10N6O2S/c3*1-16-10(18)17(15-14-16)7-5-20-9(11)6(7)4-19-8-2-3-12-13-8;1-15-10(17)16(14-13-15)8-6-19-5-7(8)4-18-9-2-3-11-12-9/h3*2-3,5H,4H2,1H3,(H,12,13);2-3,5-6H,4H2,1H3,(H,11,12)/i/hT4. The molecule has 0 aliphatic carbocycles. The highest BCUT2D eigenvalue weighted by Crippen LogP contribution is 2.32. The van der Waals surface area contributed by atoms with Gasteiger partial charge < -0.3 is 18.9 Å². The molecule has 0 unspecified atom stereocenters. The fraction of sp³-hybridized carbons (Fsp3) is 0.200. The molecule has 0 saturated carbocycles. The first-order valence-electron chi connectivity index (χ1n) is 23.6. The summed E-state index contributed by atoms with van der Waals surface area (Å²) in [4.78, 5) is 47.4. The number of aromatic nitrogens is 24. The number of rotatable bonds is 16. The molecule has 0 saturated heterocycles. The molecular formula is C40H37BrClFN24O8S4. The normalized spacial score (nSPS) is 11.6. The third-order valence-electron chi connectivity index (χ3n) is 10.2. The zero-order valence-electron chi connectivity index (χ0n) is 44.6. The van der Waals surface area contributed by atoms with Crippen LogP contribution in [0.15, 0.2) is 98.9 Å². The van der Waals surface area contributed by atoms with E-state index in [1.807, 2.05) is 5.38 Å². The average Bonchev–Trinajstić information content (AvgIpc) is 4.34. The van der Waals surface area contributed by atoms with Crippen molar-refractivity contribution in [1.82, 2.24) is 120 Å². The lowest BCUT2D eigenvalue weighted by Crippen LogP contribution is -2.22. The van der Waals surface area contributed by atoms with Crippen LogP contribution in [0.1, 0.15) is 22.3 Å². The van der Waals surface area contributed by atoms with Crippen LogP contribution in [0.3, 0.4) is 0 Å². The van der Waals surface area contributed by atoms with Gasteiger partial charge in [-0.2, -0.15) is 41.8 Å². The number of hydrogen-bond acceptors (Lipinski definition) is 24. The Balaban J connectivity index is 0.000000133. The highest BCUT2D eigenvalue weighted by atomic mass is 79.9. The Morgan fingerprint density at radius 2 is 0.873 bits per heavy atom. The van der Waals surface area contributed by atoms with E-state index in [-0.39, 0.29) is 60.6 Å². The molecule has 79 heavy (non-hydrogen) atoms. The smallest absolute Gasteiger partial charge is 0.368 e. The first kappa shape index (κ1) is 49.6. The summed E-state index contributed by atoms with van der Waals surface area (Å²) in [5, 5.41) is 56.5. The van der Waals surface area contributed by atoms with Crippen LogP contribution in [0.2, 0.25) is 9.98 Å². The van der Waals surface area contributed by atoms with Gasteiger partial charge in [-0.25, -0.2) is 19.2 Å². The van der Waals surface area contributed by atoms with E-state index in [9.17, 15) is 23.6 Å². The van der Waals surface area contributed by atoms with Crippen LogP contribution in [-0.4, -0.2) is 120 Å². The van der Waals surface area contributed by atoms with Gasteiger partial charge in [0.1, 0.15) is 30.8 Å². The maximum Gasteiger partial charge on any atom is 0.368 e. The molecule has 0 fully saturated rings. The van der Waals surface area contributed by atoms with E-state index >= 15 is 0 Å². The number of thiophene rings is 4. The predicted octanol–water partition coefficient (Wildman–Crippen LogP) is 2.87. The molecule has 0 aliphatic heterocycles. The number of nitrogens with one attached hydrogen (secondary N) is 4. The van der Waals surface area contributed by atoms with Crippen LogP contribution >= 0.6 is 72.9 Å². The van der Waals surface area contributed by atoms with Gasteiger partial charge in [-0.3, -0.25) is 20.4 Å². The minimum Gasteiger partial charge on any atom is -0.472 e. The van der Waals surface area contributed by atoms with Crippen molar-refractivity contribution in [2.24, 2.45) is 28.2 Å². The molecule has 12 rings (SSSR count). The highest BCUT2D eigenvalue weighted by molar-refractivity contribution is 9.11. The topological polar surface area (TPSA) is 362 Å². The lowest BCUT2D eigenvalue weighted by molar-refractivity contribution is 0.288. The Kier molecular flexibility index (Phi) is 15.7. The van der Waals surface area contributed by atoms with E-state index in [0.717, 1.165) is 74.7 Å². The zero-order valence-corrected chi connectivity index (χ0v) is 46.2. The molecule has 0 atom stereocenters. The maximum absolute atomic E-state index is 13.8. The molecule has 410 valence electrons. The van der Waals surface area contributed by atoms with Gasteiger partial charge in [0, 0.05) is 115 Å². The summed E-state index contributed by atoms with van der Waals surface area (Å²) in [6.45, 7) is 0.403. The number of hydrogen-bond donors (Lipinski definition) is 4. The van der Waals surface area contributed by atoms with Gasteiger partial charge in [-0.05, 0) is 63.0 Å². The van der Waals surface area contributed by atoms with Gasteiger partial charge in [-0.15, -0.1) is 65.7 Å². The molecule has 12 heterocycles. The second-order valence-corrected chi connectivity index (χ2v) is 20.5. The van der Waals surface area contributed by atoms with Crippen molar-refractivity contribution in [2.45, 2.75) is 26.4 Å². The molecule has 0 spiro atoms. The lowest BCUT2D eigenvalue weighted by atomic mass is 10.3. The van der Waals surface area contributed by atoms with Crippen LogP contribution in [0.5, 0.6) is 23.5 Å². The van der Waals surface area contributed by atoms with Crippen LogP contribution in [0.25, 0.3) is 22.7 Å². The number of ether oxygens (including phenoxy) is 4. The van der Waals surface area contributed by atoms with Gasteiger partial charge in [0.25, 0.3) is 0 Å². The van der Waals surface area contributed by atoms with Crippen molar-refractivity contribution >= 4 is 72.9 Å². The summed E-state index contributed by atoms with van der Waals surface area (Å²) in [5.41, 5.74) is 2.90. The first-order chi connectivity index (χ1) is 39.8. The Morgan fingerprint density at radius 3 is 1.29 bits per heavy atom. The Morgan fingerprint density at radius 1 is 0.506 bits per heavy atom. The maximum atomic E-state index is 13.8. The molecule has 0 radical (unpaired) electrons. The third kappa shape index (κ3) is 12.7. The van der Waals surface area contributed by atoms with Crippen molar-refractivity contribution < 1.29 is 29.0 Å². The summed E-state index contributed by atoms with van der Waals surface area (Å²) < 4.78 is 75.0. The van der Waals surface area contributed by atoms with E-state index in [4.69, 9.17) is 36.2 Å². The molecule has 0 aromatic carbocycles. The van der Waals surface area contributed by atoms with E-state index in [2.05, 4.69) is 78.0 Å². The molecule has 4 N–H and O–H groups in total. The zero-order chi connectivity index (χ0) is 59.1. The molecule has 0 amide bonds. The summed E-state index contributed by atoms with van der Waals surface area (Å²) in [5.74, 6) is 1.17. The van der Waals surface area contributed by atoms with Gasteiger partial charge in [-0.1, -0.05) is 11.6 Å². The minimum absolute atomic E-state index is 0.109. The van der Waals surface area contributed by atoms with Crippen LogP contribution in [-0.2, 0) is 54.6 Å². The molecular weight excluding hydrogens is 1210 g/mol. The fourth-order valence-electron chi connectivity index (χ4n) is 6.23. The molecule has 32 nitrogen and oxygen atoms in total. The molecule has 0 aliphatic rings. The quantitative estimate of drug-likeness (QED) is 0.108. The van der Waals surface area contributed by atoms with Crippen molar-refractivity contribution in [2.75, 3.05) is 0 Å². The lowest BCUT2D eigenvalue weighted by Gasteiger charge is -2.04. The molecule has 39 heteroatoms. The molecule has 12 aromatic rings. The van der Waals surface area contributed by atoms with Gasteiger partial charge in [0.2, 0.25) is 23.5 Å². The number of H-pyrrole nitrogens is 4. The van der Waals surface area contributed by atoms with Crippen molar-refractivity contribution in [3.63, 3.8) is 0 Å². The monoisotopic (exact) mass is 1250 g/mol. The van der Waals surface area contributed by atoms with E-state index < -0.39 is 10.8 Å². The van der Waals surface area contributed by atoms with Gasteiger partial charge >= 0.3 is 22.8 Å². The fourth-order valence-corrected chi connectivity index (χ4v) is 10.2. The largest absolute Gasteiger partial charge is 0.472 e. The van der Waals surface area contributed by atoms with Crippen molar-refractivity contribution in [1.29, 1.82) is 0 Å². The number of halogens is 3. The minimum atomic E-state index is -0.482.